The lowest BCUT2D eigenvalue weighted by Crippen LogP contribution is -2.08. The summed E-state index contributed by atoms with van der Waals surface area (Å²) in [5.74, 6) is -0.0673. The van der Waals surface area contributed by atoms with Gasteiger partial charge < -0.3 is 4.74 Å². The highest BCUT2D eigenvalue weighted by Gasteiger charge is 2.34. The fourth-order valence-electron chi connectivity index (χ4n) is 1.05. The van der Waals surface area contributed by atoms with Gasteiger partial charge in [0, 0.05) is 0 Å². The Balaban J connectivity index is 3.39. The van der Waals surface area contributed by atoms with Crippen LogP contribution in [0.15, 0.2) is 18.2 Å². The SMILES string of the molecule is COc1cccc(C(F)(F)F)c1C#N. The zero-order valence-corrected chi connectivity index (χ0v) is 7.22. The van der Waals surface area contributed by atoms with E-state index in [1.54, 1.807) is 0 Å². The fourth-order valence-corrected chi connectivity index (χ4v) is 1.05. The van der Waals surface area contributed by atoms with E-state index in [1.807, 2.05) is 0 Å². The van der Waals surface area contributed by atoms with Crippen molar-refractivity contribution in [3.63, 3.8) is 0 Å². The summed E-state index contributed by atoms with van der Waals surface area (Å²) in [6.07, 6.45) is -4.53. The summed E-state index contributed by atoms with van der Waals surface area (Å²) >= 11 is 0. The van der Waals surface area contributed by atoms with Gasteiger partial charge in [0.2, 0.25) is 0 Å². The quantitative estimate of drug-likeness (QED) is 0.699. The predicted molar refractivity (Wildman–Crippen MR) is 42.7 cm³/mol. The summed E-state index contributed by atoms with van der Waals surface area (Å²) in [5.41, 5.74) is -1.46. The third-order valence-corrected chi connectivity index (χ3v) is 1.66. The summed E-state index contributed by atoms with van der Waals surface area (Å²) in [4.78, 5) is 0. The third-order valence-electron chi connectivity index (χ3n) is 1.66. The number of halogens is 3. The van der Waals surface area contributed by atoms with Gasteiger partial charge in [-0.3, -0.25) is 0 Å². The van der Waals surface area contributed by atoms with Gasteiger partial charge in [-0.1, -0.05) is 6.07 Å². The Morgan fingerprint density at radius 1 is 1.36 bits per heavy atom. The molecule has 1 aromatic carbocycles. The van der Waals surface area contributed by atoms with Crippen LogP contribution >= 0.6 is 0 Å². The molecule has 14 heavy (non-hydrogen) atoms. The van der Waals surface area contributed by atoms with E-state index in [0.717, 1.165) is 6.07 Å². The highest BCUT2D eigenvalue weighted by molar-refractivity contribution is 5.49. The Hall–Kier alpha value is -1.70. The second-order valence-electron chi connectivity index (χ2n) is 2.49. The van der Waals surface area contributed by atoms with Crippen LogP contribution in [0.3, 0.4) is 0 Å². The average Bonchev–Trinajstić information content (AvgIpc) is 2.15. The number of ether oxygens (including phenoxy) is 1. The average molecular weight is 201 g/mol. The van der Waals surface area contributed by atoms with Gasteiger partial charge in [0.1, 0.15) is 17.4 Å². The Labute approximate surface area is 78.5 Å². The molecule has 1 rings (SSSR count). The van der Waals surface area contributed by atoms with E-state index in [2.05, 4.69) is 4.74 Å². The minimum Gasteiger partial charge on any atom is -0.495 e. The first-order valence-electron chi connectivity index (χ1n) is 3.65. The van der Waals surface area contributed by atoms with Crippen LogP contribution in [-0.4, -0.2) is 7.11 Å². The number of methoxy groups -OCH3 is 1. The van der Waals surface area contributed by atoms with E-state index in [1.165, 1.54) is 25.3 Å². The van der Waals surface area contributed by atoms with Crippen molar-refractivity contribution in [2.75, 3.05) is 7.11 Å². The normalized spacial score (nSPS) is 10.8. The number of hydrogen-bond donors (Lipinski definition) is 0. The summed E-state index contributed by atoms with van der Waals surface area (Å²) in [6, 6.07) is 4.84. The van der Waals surface area contributed by atoms with Crippen molar-refractivity contribution in [1.29, 1.82) is 5.26 Å². The molecule has 0 saturated carbocycles. The Bertz CT molecular complexity index is 379. The van der Waals surface area contributed by atoms with Crippen molar-refractivity contribution in [1.82, 2.24) is 0 Å². The first-order chi connectivity index (χ1) is 6.50. The largest absolute Gasteiger partial charge is 0.495 e. The topological polar surface area (TPSA) is 33.0 Å². The molecule has 0 aliphatic heterocycles. The van der Waals surface area contributed by atoms with Crippen LogP contribution in [0.25, 0.3) is 0 Å². The summed E-state index contributed by atoms with van der Waals surface area (Å²) in [6.45, 7) is 0. The van der Waals surface area contributed by atoms with Gasteiger partial charge in [-0.25, -0.2) is 0 Å². The van der Waals surface area contributed by atoms with Crippen LogP contribution in [0, 0.1) is 11.3 Å². The van der Waals surface area contributed by atoms with Crippen molar-refractivity contribution >= 4 is 0 Å². The number of hydrogen-bond acceptors (Lipinski definition) is 2. The van der Waals surface area contributed by atoms with E-state index < -0.39 is 17.3 Å². The lowest BCUT2D eigenvalue weighted by molar-refractivity contribution is -0.137. The van der Waals surface area contributed by atoms with Gasteiger partial charge in [0.25, 0.3) is 0 Å². The molecule has 0 spiro atoms. The van der Waals surface area contributed by atoms with Crippen LogP contribution in [0.5, 0.6) is 5.75 Å². The lowest BCUT2D eigenvalue weighted by atomic mass is 10.1. The molecule has 0 aromatic heterocycles. The van der Waals surface area contributed by atoms with Crippen LogP contribution in [0.4, 0.5) is 13.2 Å². The Morgan fingerprint density at radius 2 is 2.00 bits per heavy atom. The number of nitriles is 1. The minimum atomic E-state index is -4.53. The minimum absolute atomic E-state index is 0.0673. The van der Waals surface area contributed by atoms with Crippen molar-refractivity contribution in [3.05, 3.63) is 29.3 Å². The molecule has 0 atom stereocenters. The van der Waals surface area contributed by atoms with Gasteiger partial charge in [-0.15, -0.1) is 0 Å². The zero-order valence-electron chi connectivity index (χ0n) is 7.22. The van der Waals surface area contributed by atoms with Gasteiger partial charge in [-0.05, 0) is 12.1 Å². The first kappa shape index (κ1) is 10.4. The standard InChI is InChI=1S/C9H6F3NO/c1-14-8-4-2-3-7(6(8)5-13)9(10,11)12/h2-4H,1H3. The molecular formula is C9H6F3NO. The summed E-state index contributed by atoms with van der Waals surface area (Å²) < 4.78 is 41.7. The molecule has 0 heterocycles. The van der Waals surface area contributed by atoms with Gasteiger partial charge in [0.15, 0.2) is 0 Å². The van der Waals surface area contributed by atoms with E-state index >= 15 is 0 Å². The highest BCUT2D eigenvalue weighted by atomic mass is 19.4. The van der Waals surface area contributed by atoms with Crippen LogP contribution in [0.2, 0.25) is 0 Å². The Morgan fingerprint density at radius 3 is 2.43 bits per heavy atom. The maximum absolute atomic E-state index is 12.3. The predicted octanol–water partition coefficient (Wildman–Crippen LogP) is 2.59. The maximum Gasteiger partial charge on any atom is 0.417 e. The van der Waals surface area contributed by atoms with E-state index in [-0.39, 0.29) is 5.75 Å². The van der Waals surface area contributed by atoms with Crippen molar-refractivity contribution < 1.29 is 17.9 Å². The lowest BCUT2D eigenvalue weighted by Gasteiger charge is -2.10. The van der Waals surface area contributed by atoms with Crippen LogP contribution in [-0.2, 0) is 6.18 Å². The first-order valence-corrected chi connectivity index (χ1v) is 3.65. The summed E-state index contributed by atoms with van der Waals surface area (Å²) in [7, 11) is 1.22. The number of alkyl halides is 3. The molecule has 0 unspecified atom stereocenters. The molecule has 1 aromatic rings. The molecule has 0 aliphatic carbocycles. The molecule has 74 valence electrons. The molecule has 0 aliphatic rings. The van der Waals surface area contributed by atoms with E-state index in [0.29, 0.717) is 0 Å². The van der Waals surface area contributed by atoms with Crippen LogP contribution in [0.1, 0.15) is 11.1 Å². The number of rotatable bonds is 1. The second-order valence-corrected chi connectivity index (χ2v) is 2.49. The van der Waals surface area contributed by atoms with Crippen molar-refractivity contribution in [3.8, 4) is 11.8 Å². The highest BCUT2D eigenvalue weighted by Crippen LogP contribution is 2.35. The van der Waals surface area contributed by atoms with Gasteiger partial charge in [-0.2, -0.15) is 18.4 Å². The maximum atomic E-state index is 12.3. The Kier molecular flexibility index (Phi) is 2.65. The molecule has 0 radical (unpaired) electrons. The molecule has 0 fully saturated rings. The number of nitrogens with zero attached hydrogens (tertiary/aromatic N) is 1. The second kappa shape index (κ2) is 3.58. The molecule has 0 N–H and O–H groups in total. The molecule has 5 heteroatoms. The zero-order chi connectivity index (χ0) is 10.8. The molecule has 0 saturated heterocycles. The van der Waals surface area contributed by atoms with E-state index in [9.17, 15) is 13.2 Å². The smallest absolute Gasteiger partial charge is 0.417 e. The summed E-state index contributed by atoms with van der Waals surface area (Å²) in [5, 5.41) is 8.56. The number of benzene rings is 1. The fraction of sp³-hybridized carbons (Fsp3) is 0.222. The van der Waals surface area contributed by atoms with Gasteiger partial charge >= 0.3 is 6.18 Å². The molecule has 0 bridgehead atoms. The van der Waals surface area contributed by atoms with Crippen molar-refractivity contribution in [2.24, 2.45) is 0 Å². The van der Waals surface area contributed by atoms with Gasteiger partial charge in [0.05, 0.1) is 12.7 Å². The van der Waals surface area contributed by atoms with E-state index in [4.69, 9.17) is 5.26 Å². The third kappa shape index (κ3) is 1.79. The molecule has 2 nitrogen and oxygen atoms in total. The van der Waals surface area contributed by atoms with Crippen LogP contribution < -0.4 is 4.74 Å². The molecular weight excluding hydrogens is 195 g/mol. The van der Waals surface area contributed by atoms with Crippen molar-refractivity contribution in [2.45, 2.75) is 6.18 Å². The molecule has 0 amide bonds. The monoisotopic (exact) mass is 201 g/mol.